The lowest BCUT2D eigenvalue weighted by atomic mass is 10.1. The zero-order chi connectivity index (χ0) is 13.8. The molecule has 6 heteroatoms. The molecule has 0 heterocycles. The Kier molecular flexibility index (Phi) is 16.1. The van der Waals surface area contributed by atoms with Gasteiger partial charge in [0.1, 0.15) is 0 Å². The Morgan fingerprint density at radius 2 is 1.63 bits per heavy atom. The molecular formula is C13H33NO4S. The van der Waals surface area contributed by atoms with Crippen LogP contribution in [0.25, 0.3) is 0 Å². The third-order valence-electron chi connectivity index (χ3n) is 2.36. The van der Waals surface area contributed by atoms with Gasteiger partial charge in [-0.15, -0.1) is 0 Å². The van der Waals surface area contributed by atoms with E-state index in [4.69, 9.17) is 9.47 Å². The number of rotatable bonds is 12. The summed E-state index contributed by atoms with van der Waals surface area (Å²) >= 11 is 0. The molecule has 1 atom stereocenters. The smallest absolute Gasteiger partial charge is 0.0942 e. The second-order valence-corrected chi connectivity index (χ2v) is 6.83. The first-order valence-corrected chi connectivity index (χ1v) is 8.05. The summed E-state index contributed by atoms with van der Waals surface area (Å²) in [5, 5.41) is 0.147. The van der Waals surface area contributed by atoms with Crippen LogP contribution in [0.3, 0.4) is 0 Å². The van der Waals surface area contributed by atoms with Gasteiger partial charge >= 0.3 is 0 Å². The number of nitrogens with one attached hydrogen (secondary N) is 1. The van der Waals surface area contributed by atoms with Crippen molar-refractivity contribution in [2.75, 3.05) is 33.0 Å². The van der Waals surface area contributed by atoms with Gasteiger partial charge in [0.25, 0.3) is 0 Å². The molecule has 0 radical (unpaired) electrons. The van der Waals surface area contributed by atoms with E-state index in [1.165, 1.54) is 6.42 Å². The summed E-state index contributed by atoms with van der Waals surface area (Å²) in [5.74, 6) is 0.748. The summed E-state index contributed by atoms with van der Waals surface area (Å²) < 4.78 is 25.1. The van der Waals surface area contributed by atoms with Crippen LogP contribution < -0.4 is 4.72 Å². The van der Waals surface area contributed by atoms with E-state index in [0.717, 1.165) is 18.9 Å². The fraction of sp³-hybridized carbons (Fsp3) is 1.00. The van der Waals surface area contributed by atoms with Crippen molar-refractivity contribution in [2.45, 2.75) is 45.8 Å². The maximum Gasteiger partial charge on any atom is 0.0942 e. The van der Waals surface area contributed by atoms with E-state index in [-0.39, 0.29) is 12.2 Å². The van der Waals surface area contributed by atoms with Crippen LogP contribution in [-0.4, -0.2) is 47.9 Å². The first kappa shape index (κ1) is 21.3. The fourth-order valence-electron chi connectivity index (χ4n) is 1.30. The van der Waals surface area contributed by atoms with Crippen LogP contribution in [0.5, 0.6) is 0 Å². The van der Waals surface area contributed by atoms with Crippen molar-refractivity contribution in [1.29, 1.82) is 0 Å². The highest BCUT2D eigenvalue weighted by atomic mass is 32.2. The molecule has 0 bridgehead atoms. The van der Waals surface area contributed by atoms with E-state index >= 15 is 0 Å². The summed E-state index contributed by atoms with van der Waals surface area (Å²) in [4.78, 5) is 0. The highest BCUT2D eigenvalue weighted by molar-refractivity contribution is 7.83. The lowest BCUT2D eigenvalue weighted by Crippen LogP contribution is -2.27. The van der Waals surface area contributed by atoms with E-state index in [1.807, 2.05) is 13.8 Å². The maximum absolute atomic E-state index is 11.3. The monoisotopic (exact) mass is 299 g/mol. The van der Waals surface area contributed by atoms with E-state index in [9.17, 15) is 4.21 Å². The molecule has 0 aliphatic rings. The average molecular weight is 299 g/mol. The Labute approximate surface area is 121 Å². The third-order valence-corrected chi connectivity index (χ3v) is 3.71. The minimum absolute atomic E-state index is 0. The van der Waals surface area contributed by atoms with Crippen LogP contribution >= 0.6 is 0 Å². The molecule has 0 fully saturated rings. The minimum Gasteiger partial charge on any atom is -0.412 e. The number of ether oxygens (including phenoxy) is 2. The SMILES string of the molecule is CC(C)CCCOCCOCCNS(=O)C(C)C.O.[HH]. The Morgan fingerprint density at radius 3 is 2.16 bits per heavy atom. The third kappa shape index (κ3) is 15.9. The van der Waals surface area contributed by atoms with Crippen LogP contribution in [0.15, 0.2) is 0 Å². The molecule has 3 N–H and O–H groups in total. The van der Waals surface area contributed by atoms with Crippen molar-refractivity contribution in [3.05, 3.63) is 0 Å². The minimum atomic E-state index is -0.949. The highest BCUT2D eigenvalue weighted by Gasteiger charge is 2.02. The zero-order valence-electron chi connectivity index (χ0n) is 12.7. The quantitative estimate of drug-likeness (QED) is 0.555. The van der Waals surface area contributed by atoms with E-state index in [1.54, 1.807) is 0 Å². The molecule has 0 aromatic carbocycles. The first-order valence-electron chi connectivity index (χ1n) is 6.83. The molecule has 0 rings (SSSR count). The fourth-order valence-corrected chi connectivity index (χ4v) is 1.91. The second-order valence-electron chi connectivity index (χ2n) is 5.00. The average Bonchev–Trinajstić information content (AvgIpc) is 2.30. The van der Waals surface area contributed by atoms with Crippen molar-refractivity contribution in [2.24, 2.45) is 5.92 Å². The van der Waals surface area contributed by atoms with Gasteiger partial charge in [0.05, 0.1) is 30.8 Å². The maximum atomic E-state index is 11.3. The van der Waals surface area contributed by atoms with Crippen LogP contribution in [0.2, 0.25) is 0 Å². The number of hydrogen-bond acceptors (Lipinski definition) is 3. The topological polar surface area (TPSA) is 79.1 Å². The Morgan fingerprint density at radius 1 is 1.05 bits per heavy atom. The predicted molar refractivity (Wildman–Crippen MR) is 82.7 cm³/mol. The van der Waals surface area contributed by atoms with E-state index in [2.05, 4.69) is 18.6 Å². The normalized spacial score (nSPS) is 12.7. The molecule has 120 valence electrons. The largest absolute Gasteiger partial charge is 0.412 e. The summed E-state index contributed by atoms with van der Waals surface area (Å²) in [6.45, 7) is 11.6. The molecule has 19 heavy (non-hydrogen) atoms. The van der Waals surface area contributed by atoms with Gasteiger partial charge in [0, 0.05) is 19.8 Å². The van der Waals surface area contributed by atoms with Crippen LogP contribution in [0, 0.1) is 5.92 Å². The van der Waals surface area contributed by atoms with Crippen molar-refractivity contribution in [3.63, 3.8) is 0 Å². The summed E-state index contributed by atoms with van der Waals surface area (Å²) in [6.07, 6.45) is 2.33. The molecule has 5 nitrogen and oxygen atoms in total. The highest BCUT2D eigenvalue weighted by Crippen LogP contribution is 2.02. The van der Waals surface area contributed by atoms with Gasteiger partial charge in [-0.2, -0.15) is 0 Å². The molecule has 0 aliphatic carbocycles. The Balaban J connectivity index is -0.00000144. The molecule has 0 aromatic heterocycles. The van der Waals surface area contributed by atoms with Gasteiger partial charge in [0.15, 0.2) is 0 Å². The van der Waals surface area contributed by atoms with E-state index < -0.39 is 11.0 Å². The van der Waals surface area contributed by atoms with Gasteiger partial charge in [-0.25, -0.2) is 8.93 Å². The number of hydrogen-bond donors (Lipinski definition) is 1. The second kappa shape index (κ2) is 14.4. The van der Waals surface area contributed by atoms with Crippen LogP contribution in [0.1, 0.15) is 42.0 Å². The van der Waals surface area contributed by atoms with Gasteiger partial charge in [-0.05, 0) is 32.6 Å². The van der Waals surface area contributed by atoms with Gasteiger partial charge in [0.2, 0.25) is 0 Å². The van der Waals surface area contributed by atoms with Crippen molar-refractivity contribution in [1.82, 2.24) is 4.72 Å². The molecule has 0 aliphatic heterocycles. The lowest BCUT2D eigenvalue weighted by Gasteiger charge is -2.08. The molecular weight excluding hydrogens is 266 g/mol. The standard InChI is InChI=1S/C13H29NO3S.H2O.H2/c1-12(2)6-5-8-16-10-11-17-9-7-14-18(15)13(3)4;;/h12-14H,5-11H2,1-4H3;1H2;1H. The predicted octanol–water partition coefficient (Wildman–Crippen LogP) is 1.54. The summed E-state index contributed by atoms with van der Waals surface area (Å²) in [7, 11) is -0.949. The van der Waals surface area contributed by atoms with Gasteiger partial charge < -0.3 is 14.9 Å². The van der Waals surface area contributed by atoms with Gasteiger partial charge in [-0.1, -0.05) is 13.8 Å². The van der Waals surface area contributed by atoms with Crippen molar-refractivity contribution >= 4 is 11.0 Å². The summed E-state index contributed by atoms with van der Waals surface area (Å²) in [6, 6.07) is 0. The molecule has 0 saturated carbocycles. The van der Waals surface area contributed by atoms with Gasteiger partial charge in [-0.3, -0.25) is 0 Å². The van der Waals surface area contributed by atoms with Crippen molar-refractivity contribution in [3.8, 4) is 0 Å². The Bertz CT molecular complexity index is 219. The van der Waals surface area contributed by atoms with Crippen LogP contribution in [0.4, 0.5) is 0 Å². The lowest BCUT2D eigenvalue weighted by molar-refractivity contribution is 0.0479. The van der Waals surface area contributed by atoms with Crippen molar-refractivity contribution < 1.29 is 20.6 Å². The van der Waals surface area contributed by atoms with E-state index in [0.29, 0.717) is 26.4 Å². The zero-order valence-corrected chi connectivity index (χ0v) is 13.6. The molecule has 0 spiro atoms. The molecule has 0 aromatic rings. The Hall–Kier alpha value is -0.0100. The van der Waals surface area contributed by atoms with Crippen LogP contribution in [-0.2, 0) is 20.5 Å². The molecule has 0 amide bonds. The molecule has 1 unspecified atom stereocenters. The summed E-state index contributed by atoms with van der Waals surface area (Å²) in [5.41, 5.74) is 0. The first-order chi connectivity index (χ1) is 8.54. The molecule has 0 saturated heterocycles.